The Labute approximate surface area is 120 Å². The van der Waals surface area contributed by atoms with Crippen LogP contribution >= 0.6 is 0 Å². The van der Waals surface area contributed by atoms with Gasteiger partial charge in [-0.1, -0.05) is 0 Å². The Bertz CT molecular complexity index is 562. The molecule has 0 saturated carbocycles. The molecule has 0 aliphatic heterocycles. The highest BCUT2D eigenvalue weighted by molar-refractivity contribution is 5.82. The van der Waals surface area contributed by atoms with Crippen molar-refractivity contribution in [3.05, 3.63) is 48.3 Å². The average molecular weight is 292 g/mol. The van der Waals surface area contributed by atoms with E-state index in [0.29, 0.717) is 18.1 Å². The molecule has 7 heteroatoms. The monoisotopic (exact) mass is 292 g/mol. The van der Waals surface area contributed by atoms with Gasteiger partial charge in [0.15, 0.2) is 5.76 Å². The Kier molecular flexibility index (Phi) is 5.16. The van der Waals surface area contributed by atoms with Crippen LogP contribution in [-0.2, 0) is 22.7 Å². The quantitative estimate of drug-likeness (QED) is 0.632. The third-order valence-electron chi connectivity index (χ3n) is 2.93. The maximum Gasteiger partial charge on any atom is 0.226 e. The van der Waals surface area contributed by atoms with E-state index >= 15 is 0 Å². The van der Waals surface area contributed by atoms with E-state index in [9.17, 15) is 14.7 Å². The SMILES string of the molecule is O=C(C[C@H]([NH2+]Cc1ccco1)C(=O)[O-])NCc1ccco1. The van der Waals surface area contributed by atoms with Crippen LogP contribution in [0.15, 0.2) is 45.6 Å². The van der Waals surface area contributed by atoms with Crippen LogP contribution in [0.4, 0.5) is 0 Å². The predicted octanol–water partition coefficient (Wildman–Crippen LogP) is -1.24. The number of nitrogens with two attached hydrogens (primary N) is 1. The molecule has 0 aliphatic carbocycles. The van der Waals surface area contributed by atoms with E-state index in [-0.39, 0.29) is 18.9 Å². The van der Waals surface area contributed by atoms with Crippen molar-refractivity contribution in [2.45, 2.75) is 25.6 Å². The summed E-state index contributed by atoms with van der Waals surface area (Å²) in [6.07, 6.45) is 2.83. The summed E-state index contributed by atoms with van der Waals surface area (Å²) in [5.41, 5.74) is 0. The van der Waals surface area contributed by atoms with Crippen molar-refractivity contribution in [3.63, 3.8) is 0 Å². The summed E-state index contributed by atoms with van der Waals surface area (Å²) in [5.74, 6) is -0.420. The summed E-state index contributed by atoms with van der Waals surface area (Å²) >= 11 is 0. The summed E-state index contributed by atoms with van der Waals surface area (Å²) in [7, 11) is 0. The number of carboxylic acid groups (broad SMARTS) is 1. The van der Waals surface area contributed by atoms with E-state index < -0.39 is 12.0 Å². The normalized spacial score (nSPS) is 12.0. The molecule has 2 aromatic rings. The van der Waals surface area contributed by atoms with E-state index in [1.54, 1.807) is 24.3 Å². The molecule has 0 aliphatic rings. The van der Waals surface area contributed by atoms with Crippen LogP contribution in [0.2, 0.25) is 0 Å². The fourth-order valence-corrected chi connectivity index (χ4v) is 1.82. The number of carboxylic acids is 1. The van der Waals surface area contributed by atoms with Crippen LogP contribution in [0.5, 0.6) is 0 Å². The minimum absolute atomic E-state index is 0.177. The summed E-state index contributed by atoms with van der Waals surface area (Å²) in [6, 6.07) is 5.92. The number of rotatable bonds is 8. The van der Waals surface area contributed by atoms with E-state index in [0.717, 1.165) is 0 Å². The van der Waals surface area contributed by atoms with Gasteiger partial charge in [0.05, 0.1) is 31.5 Å². The molecule has 2 aromatic heterocycles. The molecule has 21 heavy (non-hydrogen) atoms. The molecular weight excluding hydrogens is 276 g/mol. The molecule has 0 bridgehead atoms. The van der Waals surface area contributed by atoms with Crippen LogP contribution < -0.4 is 15.7 Å². The highest BCUT2D eigenvalue weighted by Gasteiger charge is 2.18. The Hall–Kier alpha value is -2.54. The second-order valence-electron chi connectivity index (χ2n) is 4.50. The lowest BCUT2D eigenvalue weighted by Crippen LogP contribution is -2.92. The van der Waals surface area contributed by atoms with Gasteiger partial charge in [-0.15, -0.1) is 0 Å². The van der Waals surface area contributed by atoms with Crippen molar-refractivity contribution in [2.24, 2.45) is 0 Å². The topological polar surface area (TPSA) is 112 Å². The van der Waals surface area contributed by atoms with Crippen LogP contribution in [0.25, 0.3) is 0 Å². The maximum atomic E-state index is 11.7. The minimum Gasteiger partial charge on any atom is -0.544 e. The molecule has 0 aromatic carbocycles. The fourth-order valence-electron chi connectivity index (χ4n) is 1.82. The standard InChI is InChI=1S/C14H16N2O5/c17-13(16-9-11-4-2-6-21-11)7-12(14(18)19)15-8-10-3-1-5-20-10/h1-6,12,15H,7-9H2,(H,16,17)(H,18,19)/t12-/m0/s1. The highest BCUT2D eigenvalue weighted by atomic mass is 16.4. The van der Waals surface area contributed by atoms with E-state index in [4.69, 9.17) is 8.83 Å². The lowest BCUT2D eigenvalue weighted by atomic mass is 10.2. The van der Waals surface area contributed by atoms with Crippen molar-refractivity contribution in [2.75, 3.05) is 0 Å². The Morgan fingerprint density at radius 3 is 2.43 bits per heavy atom. The molecule has 0 unspecified atom stereocenters. The minimum atomic E-state index is -1.28. The smallest absolute Gasteiger partial charge is 0.226 e. The van der Waals surface area contributed by atoms with Gasteiger partial charge in [0.2, 0.25) is 5.91 Å². The van der Waals surface area contributed by atoms with Crippen molar-refractivity contribution >= 4 is 11.9 Å². The summed E-state index contributed by atoms with van der Waals surface area (Å²) in [4.78, 5) is 22.8. The molecule has 1 atom stereocenters. The van der Waals surface area contributed by atoms with Crippen molar-refractivity contribution < 1.29 is 28.8 Å². The van der Waals surface area contributed by atoms with Gasteiger partial charge in [-0.3, -0.25) is 4.79 Å². The number of hydrogen-bond donors (Lipinski definition) is 2. The molecule has 7 nitrogen and oxygen atoms in total. The number of amides is 1. The first-order valence-electron chi connectivity index (χ1n) is 6.51. The number of carbonyl (C=O) groups is 2. The van der Waals surface area contributed by atoms with E-state index in [1.807, 2.05) is 0 Å². The lowest BCUT2D eigenvalue weighted by Gasteiger charge is -2.15. The zero-order chi connectivity index (χ0) is 15.1. The highest BCUT2D eigenvalue weighted by Crippen LogP contribution is 1.99. The van der Waals surface area contributed by atoms with Gasteiger partial charge in [0.25, 0.3) is 0 Å². The third-order valence-corrected chi connectivity index (χ3v) is 2.93. The van der Waals surface area contributed by atoms with Gasteiger partial charge < -0.3 is 29.4 Å². The van der Waals surface area contributed by atoms with Gasteiger partial charge in [0, 0.05) is 0 Å². The number of carbonyl (C=O) groups excluding carboxylic acids is 2. The third kappa shape index (κ3) is 4.81. The largest absolute Gasteiger partial charge is 0.544 e. The van der Waals surface area contributed by atoms with Crippen LogP contribution in [0, 0.1) is 0 Å². The fraction of sp³-hybridized carbons (Fsp3) is 0.286. The Morgan fingerprint density at radius 1 is 1.19 bits per heavy atom. The van der Waals surface area contributed by atoms with Crippen LogP contribution in [0.3, 0.4) is 0 Å². The Balaban J connectivity index is 1.78. The molecule has 2 heterocycles. The maximum absolute atomic E-state index is 11.7. The van der Waals surface area contributed by atoms with Crippen molar-refractivity contribution in [3.8, 4) is 0 Å². The lowest BCUT2D eigenvalue weighted by molar-refractivity contribution is -0.699. The van der Waals surface area contributed by atoms with Gasteiger partial charge in [-0.05, 0) is 24.3 Å². The summed E-state index contributed by atoms with van der Waals surface area (Å²) < 4.78 is 10.2. The zero-order valence-electron chi connectivity index (χ0n) is 11.3. The average Bonchev–Trinajstić information content (AvgIpc) is 3.13. The van der Waals surface area contributed by atoms with Crippen molar-refractivity contribution in [1.82, 2.24) is 5.32 Å². The molecular formula is C14H16N2O5. The van der Waals surface area contributed by atoms with Crippen molar-refractivity contribution in [1.29, 1.82) is 0 Å². The molecule has 2 rings (SSSR count). The summed E-state index contributed by atoms with van der Waals surface area (Å²) in [6.45, 7) is 0.556. The number of quaternary nitrogens is 1. The number of furan rings is 2. The van der Waals surface area contributed by atoms with Gasteiger partial charge in [0.1, 0.15) is 18.3 Å². The second-order valence-corrected chi connectivity index (χ2v) is 4.50. The number of nitrogens with one attached hydrogen (secondary N) is 1. The van der Waals surface area contributed by atoms with Crippen LogP contribution in [-0.4, -0.2) is 17.9 Å². The molecule has 0 spiro atoms. The van der Waals surface area contributed by atoms with Crippen LogP contribution in [0.1, 0.15) is 17.9 Å². The van der Waals surface area contributed by atoms with Gasteiger partial charge in [-0.25, -0.2) is 0 Å². The molecule has 1 amide bonds. The summed E-state index contributed by atoms with van der Waals surface area (Å²) in [5, 5.41) is 15.2. The second kappa shape index (κ2) is 7.30. The van der Waals surface area contributed by atoms with E-state index in [2.05, 4.69) is 5.32 Å². The predicted molar refractivity (Wildman–Crippen MR) is 68.3 cm³/mol. The first kappa shape index (κ1) is 14.9. The molecule has 0 radical (unpaired) electrons. The molecule has 112 valence electrons. The molecule has 0 saturated heterocycles. The van der Waals surface area contributed by atoms with Gasteiger partial charge >= 0.3 is 0 Å². The first-order chi connectivity index (χ1) is 10.1. The van der Waals surface area contributed by atoms with Gasteiger partial charge in [-0.2, -0.15) is 0 Å². The van der Waals surface area contributed by atoms with E-state index in [1.165, 1.54) is 17.8 Å². The number of aliphatic carboxylic acids is 1. The first-order valence-corrected chi connectivity index (χ1v) is 6.51. The zero-order valence-corrected chi connectivity index (χ0v) is 11.3. The molecule has 3 N–H and O–H groups in total. The Morgan fingerprint density at radius 2 is 1.86 bits per heavy atom. The number of hydrogen-bond acceptors (Lipinski definition) is 5. The molecule has 0 fully saturated rings.